The molecule has 1 amide bonds. The average molecular weight is 296 g/mol. The molecule has 0 saturated heterocycles. The summed E-state index contributed by atoms with van der Waals surface area (Å²) in [5, 5.41) is 2.73. The Balaban J connectivity index is 2.21. The lowest BCUT2D eigenvalue weighted by Crippen LogP contribution is -2.09. The van der Waals surface area contributed by atoms with E-state index < -0.39 is 0 Å². The second-order valence-corrected chi connectivity index (χ2v) is 5.24. The average Bonchev–Trinajstić information content (AvgIpc) is 2.86. The summed E-state index contributed by atoms with van der Waals surface area (Å²) in [6.07, 6.45) is 2.86. The van der Waals surface area contributed by atoms with Crippen molar-refractivity contribution in [3.05, 3.63) is 23.3 Å². The summed E-state index contributed by atoms with van der Waals surface area (Å²) in [6, 6.07) is 3.57. The predicted molar refractivity (Wildman–Crippen MR) is 78.8 cm³/mol. The van der Waals surface area contributed by atoms with Crippen molar-refractivity contribution in [3.8, 4) is 5.75 Å². The van der Waals surface area contributed by atoms with Gasteiger partial charge in [-0.3, -0.25) is 9.59 Å². The van der Waals surface area contributed by atoms with E-state index in [1.54, 1.807) is 6.07 Å². The minimum atomic E-state index is -0.172. The molecule has 1 aromatic carbocycles. The number of fused-ring (bicyclic) bond motifs is 1. The summed E-state index contributed by atoms with van der Waals surface area (Å²) in [5.41, 5.74) is 2.21. The van der Waals surface area contributed by atoms with Crippen LogP contribution in [0.15, 0.2) is 12.1 Å². The molecular formula is C15H18ClNO3. The third kappa shape index (κ3) is 3.51. The number of ketones is 1. The van der Waals surface area contributed by atoms with Crippen LogP contribution in [-0.2, 0) is 11.2 Å². The Bertz CT molecular complexity index is 528. The van der Waals surface area contributed by atoms with Crippen LogP contribution in [0.3, 0.4) is 0 Å². The number of hydrogen-bond acceptors (Lipinski definition) is 3. The molecule has 0 aromatic heterocycles. The number of unbranched alkanes of at least 4 members (excludes halogenated alkanes) is 1. The Morgan fingerprint density at radius 2 is 2.15 bits per heavy atom. The SMILES string of the molecule is CC(=O)Nc1cc(C(=O)CCCCCl)cc2c1OCC2. The fourth-order valence-corrected chi connectivity index (χ4v) is 2.46. The Morgan fingerprint density at radius 1 is 1.35 bits per heavy atom. The maximum Gasteiger partial charge on any atom is 0.221 e. The first-order valence-corrected chi connectivity index (χ1v) is 7.31. The van der Waals surface area contributed by atoms with Crippen molar-refractivity contribution in [1.82, 2.24) is 0 Å². The minimum absolute atomic E-state index is 0.0800. The molecule has 0 radical (unpaired) electrons. The number of hydrogen-bond donors (Lipinski definition) is 1. The normalized spacial score (nSPS) is 12.7. The molecule has 0 aliphatic carbocycles. The van der Waals surface area contributed by atoms with Crippen molar-refractivity contribution in [2.45, 2.75) is 32.6 Å². The summed E-state index contributed by atoms with van der Waals surface area (Å²) in [7, 11) is 0. The molecular weight excluding hydrogens is 278 g/mol. The second-order valence-electron chi connectivity index (χ2n) is 4.86. The molecule has 1 aliphatic rings. The molecule has 0 saturated carbocycles. The fraction of sp³-hybridized carbons (Fsp3) is 0.467. The fourth-order valence-electron chi connectivity index (χ4n) is 2.28. The number of anilines is 1. The molecule has 0 atom stereocenters. The van der Waals surface area contributed by atoms with Crippen LogP contribution in [0.4, 0.5) is 5.69 Å². The topological polar surface area (TPSA) is 55.4 Å². The van der Waals surface area contributed by atoms with Gasteiger partial charge in [-0.2, -0.15) is 0 Å². The van der Waals surface area contributed by atoms with Gasteiger partial charge >= 0.3 is 0 Å². The van der Waals surface area contributed by atoms with Crippen molar-refractivity contribution < 1.29 is 14.3 Å². The number of nitrogens with one attached hydrogen (secondary N) is 1. The molecule has 1 N–H and O–H groups in total. The van der Waals surface area contributed by atoms with E-state index in [2.05, 4.69) is 5.32 Å². The highest BCUT2D eigenvalue weighted by atomic mass is 35.5. The van der Waals surface area contributed by atoms with Gasteiger partial charge < -0.3 is 10.1 Å². The molecule has 2 rings (SSSR count). The van der Waals surface area contributed by atoms with E-state index >= 15 is 0 Å². The molecule has 1 aromatic rings. The van der Waals surface area contributed by atoms with Gasteiger partial charge in [0.1, 0.15) is 5.75 Å². The lowest BCUT2D eigenvalue weighted by molar-refractivity contribution is -0.114. The molecule has 108 valence electrons. The number of carbonyl (C=O) groups is 2. The molecule has 4 nitrogen and oxygen atoms in total. The Morgan fingerprint density at radius 3 is 2.85 bits per heavy atom. The first-order valence-electron chi connectivity index (χ1n) is 6.78. The first kappa shape index (κ1) is 14.9. The highest BCUT2D eigenvalue weighted by molar-refractivity contribution is 6.17. The Kier molecular flexibility index (Phi) is 5.01. The molecule has 0 fully saturated rings. The number of alkyl halides is 1. The largest absolute Gasteiger partial charge is 0.491 e. The van der Waals surface area contributed by atoms with Crippen LogP contribution in [0.5, 0.6) is 5.75 Å². The van der Waals surface area contributed by atoms with Gasteiger partial charge in [-0.15, -0.1) is 11.6 Å². The first-order chi connectivity index (χ1) is 9.61. The summed E-state index contributed by atoms with van der Waals surface area (Å²) < 4.78 is 5.52. The summed E-state index contributed by atoms with van der Waals surface area (Å²) in [5.74, 6) is 1.17. The zero-order valence-electron chi connectivity index (χ0n) is 11.5. The van der Waals surface area contributed by atoms with Crippen LogP contribution in [-0.4, -0.2) is 24.2 Å². The lowest BCUT2D eigenvalue weighted by Gasteiger charge is -2.11. The Labute approximate surface area is 123 Å². The number of halogens is 1. The van der Waals surface area contributed by atoms with E-state index in [0.29, 0.717) is 35.9 Å². The van der Waals surface area contributed by atoms with Gasteiger partial charge in [-0.05, 0) is 25.0 Å². The number of benzene rings is 1. The third-order valence-electron chi connectivity index (χ3n) is 3.20. The smallest absolute Gasteiger partial charge is 0.221 e. The van der Waals surface area contributed by atoms with Gasteiger partial charge in [0.05, 0.1) is 12.3 Å². The van der Waals surface area contributed by atoms with E-state index in [9.17, 15) is 9.59 Å². The lowest BCUT2D eigenvalue weighted by atomic mass is 10.0. The maximum atomic E-state index is 12.2. The van der Waals surface area contributed by atoms with Crippen LogP contribution in [0, 0.1) is 0 Å². The van der Waals surface area contributed by atoms with E-state index in [1.807, 2.05) is 6.07 Å². The van der Waals surface area contributed by atoms with Gasteiger partial charge in [0.25, 0.3) is 0 Å². The van der Waals surface area contributed by atoms with Gasteiger partial charge in [0.15, 0.2) is 5.78 Å². The zero-order chi connectivity index (χ0) is 14.5. The van der Waals surface area contributed by atoms with Gasteiger partial charge in [-0.25, -0.2) is 0 Å². The quantitative estimate of drug-likeness (QED) is 0.498. The number of Topliss-reactive ketones (excluding diaryl/α,β-unsaturated/α-hetero) is 1. The van der Waals surface area contributed by atoms with Gasteiger partial charge in [-0.1, -0.05) is 0 Å². The monoisotopic (exact) mass is 295 g/mol. The maximum absolute atomic E-state index is 12.2. The van der Waals surface area contributed by atoms with Crippen LogP contribution < -0.4 is 10.1 Å². The molecule has 0 spiro atoms. The molecule has 1 aliphatic heterocycles. The van der Waals surface area contributed by atoms with Crippen LogP contribution in [0.1, 0.15) is 42.1 Å². The van der Waals surface area contributed by atoms with Crippen molar-refractivity contribution >= 4 is 29.0 Å². The molecule has 20 heavy (non-hydrogen) atoms. The molecule has 0 bridgehead atoms. The summed E-state index contributed by atoms with van der Waals surface area (Å²) in [4.78, 5) is 23.4. The minimum Gasteiger partial charge on any atom is -0.491 e. The van der Waals surface area contributed by atoms with Gasteiger partial charge in [0, 0.05) is 36.8 Å². The summed E-state index contributed by atoms with van der Waals surface area (Å²) in [6.45, 7) is 2.03. The molecule has 0 unspecified atom stereocenters. The number of ether oxygens (including phenoxy) is 1. The number of amides is 1. The van der Waals surface area contributed by atoms with Crippen LogP contribution >= 0.6 is 11.6 Å². The van der Waals surface area contributed by atoms with Gasteiger partial charge in [0.2, 0.25) is 5.91 Å². The van der Waals surface area contributed by atoms with E-state index in [0.717, 1.165) is 24.8 Å². The molecule has 5 heteroatoms. The second kappa shape index (κ2) is 6.75. The highest BCUT2D eigenvalue weighted by Gasteiger charge is 2.20. The van der Waals surface area contributed by atoms with Crippen molar-refractivity contribution in [3.63, 3.8) is 0 Å². The molecule has 1 heterocycles. The predicted octanol–water partition coefficient (Wildman–Crippen LogP) is 3.17. The van der Waals surface area contributed by atoms with E-state index in [4.69, 9.17) is 16.3 Å². The van der Waals surface area contributed by atoms with Crippen LogP contribution in [0.25, 0.3) is 0 Å². The number of rotatable bonds is 6. The summed E-state index contributed by atoms with van der Waals surface area (Å²) >= 11 is 5.61. The highest BCUT2D eigenvalue weighted by Crippen LogP contribution is 2.35. The number of carbonyl (C=O) groups excluding carboxylic acids is 2. The van der Waals surface area contributed by atoms with Crippen molar-refractivity contribution in [2.24, 2.45) is 0 Å². The Hall–Kier alpha value is -1.55. The van der Waals surface area contributed by atoms with E-state index in [1.165, 1.54) is 6.92 Å². The zero-order valence-corrected chi connectivity index (χ0v) is 12.3. The van der Waals surface area contributed by atoms with Crippen LogP contribution in [0.2, 0.25) is 0 Å². The standard InChI is InChI=1S/C15H18ClNO3/c1-10(18)17-13-9-12(14(19)4-2-3-6-16)8-11-5-7-20-15(11)13/h8-9H,2-7H2,1H3,(H,17,18). The van der Waals surface area contributed by atoms with E-state index in [-0.39, 0.29) is 11.7 Å². The van der Waals surface area contributed by atoms with Crippen molar-refractivity contribution in [2.75, 3.05) is 17.8 Å². The van der Waals surface area contributed by atoms with Crippen molar-refractivity contribution in [1.29, 1.82) is 0 Å². The third-order valence-corrected chi connectivity index (χ3v) is 3.47.